The number of thioether (sulfide) groups is 1. The number of carbonyl (C=O) groups excluding carboxylic acids is 1. The average Bonchev–Trinajstić information content (AvgIpc) is 2.35. The second-order valence-electron chi connectivity index (χ2n) is 4.25. The molecule has 4 nitrogen and oxygen atoms in total. The van der Waals surface area contributed by atoms with E-state index in [1.54, 1.807) is 11.8 Å². The molecule has 1 heterocycles. The zero-order chi connectivity index (χ0) is 12.0. The largest absolute Gasteiger partial charge is 0.354 e. The summed E-state index contributed by atoms with van der Waals surface area (Å²) in [6, 6.07) is -0.00356. The number of nitrogens with one attached hydrogen (secondary N) is 2. The van der Waals surface area contributed by atoms with E-state index in [9.17, 15) is 4.79 Å². The fourth-order valence-corrected chi connectivity index (χ4v) is 1.96. The van der Waals surface area contributed by atoms with Crippen molar-refractivity contribution in [3.05, 3.63) is 0 Å². The number of nitrogens with zero attached hydrogens (tertiary/aromatic N) is 1. The van der Waals surface area contributed by atoms with Gasteiger partial charge in [-0.2, -0.15) is 11.8 Å². The summed E-state index contributed by atoms with van der Waals surface area (Å²) in [6.07, 6.45) is 2.07. The second-order valence-corrected chi connectivity index (χ2v) is 5.53. The summed E-state index contributed by atoms with van der Waals surface area (Å²) in [5.74, 6) is 0.155. The van der Waals surface area contributed by atoms with Crippen LogP contribution < -0.4 is 10.6 Å². The van der Waals surface area contributed by atoms with Gasteiger partial charge in [-0.1, -0.05) is 6.92 Å². The van der Waals surface area contributed by atoms with Crippen LogP contribution in [-0.4, -0.2) is 61.1 Å². The van der Waals surface area contributed by atoms with Gasteiger partial charge < -0.3 is 10.6 Å². The summed E-state index contributed by atoms with van der Waals surface area (Å²) in [5.41, 5.74) is 0. The molecule has 2 N–H and O–H groups in total. The highest BCUT2D eigenvalue weighted by Gasteiger charge is 2.22. The Morgan fingerprint density at radius 1 is 1.44 bits per heavy atom. The maximum atomic E-state index is 11.9. The molecule has 0 radical (unpaired) electrons. The molecule has 1 saturated heterocycles. The molecule has 1 aliphatic rings. The van der Waals surface area contributed by atoms with Gasteiger partial charge in [-0.3, -0.25) is 9.69 Å². The number of piperazine rings is 1. The lowest BCUT2D eigenvalue weighted by atomic mass is 10.2. The Morgan fingerprint density at radius 2 is 2.06 bits per heavy atom. The van der Waals surface area contributed by atoms with Crippen molar-refractivity contribution < 1.29 is 4.79 Å². The third-order valence-electron chi connectivity index (χ3n) is 3.04. The van der Waals surface area contributed by atoms with Crippen LogP contribution >= 0.6 is 11.8 Å². The van der Waals surface area contributed by atoms with Crippen molar-refractivity contribution in [2.75, 3.05) is 39.0 Å². The minimum absolute atomic E-state index is 0.00356. The first-order valence-corrected chi connectivity index (χ1v) is 7.19. The SMILES string of the molecule is CSC(C)CNC(=O)C(C)N1CCNCC1. The van der Waals surface area contributed by atoms with E-state index >= 15 is 0 Å². The smallest absolute Gasteiger partial charge is 0.237 e. The maximum Gasteiger partial charge on any atom is 0.237 e. The van der Waals surface area contributed by atoms with Crippen LogP contribution in [0, 0.1) is 0 Å². The molecular formula is C11H23N3OS. The Kier molecular flexibility index (Phi) is 6.16. The van der Waals surface area contributed by atoms with E-state index in [1.165, 1.54) is 0 Å². The summed E-state index contributed by atoms with van der Waals surface area (Å²) in [4.78, 5) is 14.1. The van der Waals surface area contributed by atoms with E-state index in [4.69, 9.17) is 0 Å². The van der Waals surface area contributed by atoms with Crippen LogP contribution in [0.25, 0.3) is 0 Å². The van der Waals surface area contributed by atoms with Crippen molar-refractivity contribution in [1.29, 1.82) is 0 Å². The molecule has 2 atom stereocenters. The Labute approximate surface area is 103 Å². The van der Waals surface area contributed by atoms with Crippen molar-refractivity contribution >= 4 is 17.7 Å². The molecule has 0 aliphatic carbocycles. The van der Waals surface area contributed by atoms with Crippen molar-refractivity contribution in [3.63, 3.8) is 0 Å². The first-order valence-electron chi connectivity index (χ1n) is 5.90. The van der Waals surface area contributed by atoms with E-state index in [0.717, 1.165) is 32.7 Å². The maximum absolute atomic E-state index is 11.9. The summed E-state index contributed by atoms with van der Waals surface area (Å²) >= 11 is 1.78. The van der Waals surface area contributed by atoms with Crippen LogP contribution in [0.4, 0.5) is 0 Å². The molecule has 16 heavy (non-hydrogen) atoms. The Morgan fingerprint density at radius 3 is 2.62 bits per heavy atom. The Bertz CT molecular complexity index is 219. The van der Waals surface area contributed by atoms with Crippen LogP contribution in [-0.2, 0) is 4.79 Å². The van der Waals surface area contributed by atoms with E-state index < -0.39 is 0 Å². The van der Waals surface area contributed by atoms with Gasteiger partial charge in [0, 0.05) is 38.0 Å². The summed E-state index contributed by atoms with van der Waals surface area (Å²) in [6.45, 7) is 8.78. The Balaban J connectivity index is 2.29. The molecule has 0 saturated carbocycles. The molecule has 0 spiro atoms. The van der Waals surface area contributed by atoms with E-state index in [0.29, 0.717) is 5.25 Å². The zero-order valence-corrected chi connectivity index (χ0v) is 11.3. The molecule has 2 unspecified atom stereocenters. The molecule has 1 aliphatic heterocycles. The summed E-state index contributed by atoms with van der Waals surface area (Å²) < 4.78 is 0. The van der Waals surface area contributed by atoms with Crippen molar-refractivity contribution in [3.8, 4) is 0 Å². The van der Waals surface area contributed by atoms with Crippen molar-refractivity contribution in [2.45, 2.75) is 25.1 Å². The summed E-state index contributed by atoms with van der Waals surface area (Å²) in [7, 11) is 0. The predicted octanol–water partition coefficient (Wildman–Crippen LogP) is 0.148. The molecule has 5 heteroatoms. The molecule has 0 aromatic heterocycles. The second kappa shape index (κ2) is 7.14. The summed E-state index contributed by atoms with van der Waals surface area (Å²) in [5, 5.41) is 6.79. The van der Waals surface area contributed by atoms with Gasteiger partial charge in [0.25, 0.3) is 0 Å². The predicted molar refractivity (Wildman–Crippen MR) is 69.9 cm³/mol. The minimum Gasteiger partial charge on any atom is -0.354 e. The van der Waals surface area contributed by atoms with Gasteiger partial charge in [-0.15, -0.1) is 0 Å². The third kappa shape index (κ3) is 4.31. The van der Waals surface area contributed by atoms with E-state index in [1.807, 2.05) is 6.92 Å². The Hall–Kier alpha value is -0.260. The van der Waals surface area contributed by atoms with Gasteiger partial charge in [0.15, 0.2) is 0 Å². The van der Waals surface area contributed by atoms with Crippen LogP contribution in [0.5, 0.6) is 0 Å². The van der Waals surface area contributed by atoms with Crippen LogP contribution in [0.15, 0.2) is 0 Å². The van der Waals surface area contributed by atoms with Crippen molar-refractivity contribution in [1.82, 2.24) is 15.5 Å². The quantitative estimate of drug-likeness (QED) is 0.724. The highest BCUT2D eigenvalue weighted by Crippen LogP contribution is 2.04. The topological polar surface area (TPSA) is 44.4 Å². The zero-order valence-electron chi connectivity index (χ0n) is 10.5. The van der Waals surface area contributed by atoms with Gasteiger partial charge in [0.05, 0.1) is 6.04 Å². The number of rotatable bonds is 5. The standard InChI is InChI=1S/C11H23N3OS/c1-9(16-3)8-13-11(15)10(2)14-6-4-12-5-7-14/h9-10,12H,4-8H2,1-3H3,(H,13,15). The average molecular weight is 245 g/mol. The highest BCUT2D eigenvalue weighted by atomic mass is 32.2. The van der Waals surface area contributed by atoms with Gasteiger partial charge >= 0.3 is 0 Å². The molecule has 0 aromatic rings. The van der Waals surface area contributed by atoms with Gasteiger partial charge in [0.1, 0.15) is 0 Å². The van der Waals surface area contributed by atoms with E-state index in [-0.39, 0.29) is 11.9 Å². The van der Waals surface area contributed by atoms with Crippen molar-refractivity contribution in [2.24, 2.45) is 0 Å². The van der Waals surface area contributed by atoms with Crippen LogP contribution in [0.2, 0.25) is 0 Å². The normalized spacial score (nSPS) is 21.4. The lowest BCUT2D eigenvalue weighted by Gasteiger charge is -2.32. The van der Waals surface area contributed by atoms with Gasteiger partial charge in [-0.05, 0) is 13.2 Å². The fourth-order valence-electron chi connectivity index (χ4n) is 1.71. The molecule has 94 valence electrons. The molecule has 1 rings (SSSR count). The van der Waals surface area contributed by atoms with E-state index in [2.05, 4.69) is 28.7 Å². The molecule has 1 fully saturated rings. The van der Waals surface area contributed by atoms with Crippen LogP contribution in [0.1, 0.15) is 13.8 Å². The first-order chi connectivity index (χ1) is 7.65. The molecule has 0 aromatic carbocycles. The van der Waals surface area contributed by atoms with Crippen LogP contribution in [0.3, 0.4) is 0 Å². The number of carbonyl (C=O) groups is 1. The monoisotopic (exact) mass is 245 g/mol. The number of amides is 1. The van der Waals surface area contributed by atoms with Gasteiger partial charge in [0.2, 0.25) is 5.91 Å². The highest BCUT2D eigenvalue weighted by molar-refractivity contribution is 7.99. The third-order valence-corrected chi connectivity index (χ3v) is 4.02. The lowest BCUT2D eigenvalue weighted by Crippen LogP contribution is -2.53. The molecular weight excluding hydrogens is 222 g/mol. The lowest BCUT2D eigenvalue weighted by molar-refractivity contribution is -0.126. The minimum atomic E-state index is -0.00356. The number of hydrogen-bond donors (Lipinski definition) is 2. The molecule has 0 bridgehead atoms. The van der Waals surface area contributed by atoms with Gasteiger partial charge in [-0.25, -0.2) is 0 Å². The fraction of sp³-hybridized carbons (Fsp3) is 0.909. The molecule has 1 amide bonds. The first kappa shape index (κ1) is 13.8. The number of hydrogen-bond acceptors (Lipinski definition) is 4.